The van der Waals surface area contributed by atoms with Crippen molar-refractivity contribution in [2.45, 2.75) is 31.8 Å². The minimum atomic E-state index is -0.217. The van der Waals surface area contributed by atoms with Gasteiger partial charge >= 0.3 is 0 Å². The lowest BCUT2D eigenvalue weighted by Gasteiger charge is -2.32. The molecule has 1 saturated heterocycles. The van der Waals surface area contributed by atoms with Crippen LogP contribution in [0.15, 0.2) is 48.8 Å². The molecular weight excluding hydrogens is 359 g/mol. The first kappa shape index (κ1) is 21.5. The molecule has 1 amide bonds. The molecular formula is C18H26Cl2N4O. The monoisotopic (exact) mass is 384 g/mol. The highest BCUT2D eigenvalue weighted by molar-refractivity contribution is 5.85. The number of hydrogen-bond donors (Lipinski definition) is 1. The van der Waals surface area contributed by atoms with Gasteiger partial charge in [-0.2, -0.15) is 5.10 Å². The summed E-state index contributed by atoms with van der Waals surface area (Å²) < 4.78 is 1.98. The Bertz CT molecular complexity index is 613. The fourth-order valence-corrected chi connectivity index (χ4v) is 3.17. The van der Waals surface area contributed by atoms with Gasteiger partial charge in [0.05, 0.1) is 0 Å². The van der Waals surface area contributed by atoms with Crippen LogP contribution in [0.1, 0.15) is 30.9 Å². The van der Waals surface area contributed by atoms with Gasteiger partial charge in [-0.15, -0.1) is 24.8 Å². The second-order valence-electron chi connectivity index (χ2n) is 6.27. The maximum Gasteiger partial charge on any atom is 0.224 e. The summed E-state index contributed by atoms with van der Waals surface area (Å²) in [6.07, 6.45) is 6.26. The Morgan fingerprint density at radius 1 is 1.16 bits per heavy atom. The summed E-state index contributed by atoms with van der Waals surface area (Å²) in [5.74, 6) is 0.764. The van der Waals surface area contributed by atoms with Crippen molar-refractivity contribution < 1.29 is 4.79 Å². The summed E-state index contributed by atoms with van der Waals surface area (Å²) in [6.45, 7) is 2.59. The van der Waals surface area contributed by atoms with Gasteiger partial charge in [0.1, 0.15) is 0 Å². The molecule has 138 valence electrons. The van der Waals surface area contributed by atoms with Crippen molar-refractivity contribution in [3.05, 3.63) is 54.4 Å². The molecule has 2 N–H and O–H groups in total. The lowest BCUT2D eigenvalue weighted by atomic mass is 9.96. The molecule has 1 aromatic heterocycles. The highest BCUT2D eigenvalue weighted by Crippen LogP contribution is 2.21. The van der Waals surface area contributed by atoms with Gasteiger partial charge in [-0.25, -0.2) is 0 Å². The normalized spacial score (nSPS) is 15.8. The van der Waals surface area contributed by atoms with E-state index in [1.54, 1.807) is 0 Å². The fourth-order valence-electron chi connectivity index (χ4n) is 3.17. The van der Waals surface area contributed by atoms with E-state index in [1.807, 2.05) is 58.4 Å². The predicted molar refractivity (Wildman–Crippen MR) is 104 cm³/mol. The number of aromatic nitrogens is 2. The van der Waals surface area contributed by atoms with E-state index in [2.05, 4.69) is 5.10 Å². The summed E-state index contributed by atoms with van der Waals surface area (Å²) in [7, 11) is 0. The first-order valence-electron chi connectivity index (χ1n) is 8.28. The van der Waals surface area contributed by atoms with Crippen LogP contribution in [0.5, 0.6) is 0 Å². The van der Waals surface area contributed by atoms with Crippen LogP contribution in [0.4, 0.5) is 0 Å². The number of hydrogen-bond acceptors (Lipinski definition) is 3. The minimum Gasteiger partial charge on any atom is -0.343 e. The van der Waals surface area contributed by atoms with Crippen molar-refractivity contribution in [2.24, 2.45) is 11.7 Å². The molecule has 1 aromatic carbocycles. The third-order valence-corrected chi connectivity index (χ3v) is 4.59. The molecule has 5 nitrogen and oxygen atoms in total. The number of rotatable bonds is 5. The van der Waals surface area contributed by atoms with E-state index < -0.39 is 0 Å². The van der Waals surface area contributed by atoms with Gasteiger partial charge < -0.3 is 10.6 Å². The molecule has 0 saturated carbocycles. The van der Waals surface area contributed by atoms with Crippen LogP contribution in [0, 0.1) is 5.92 Å². The number of piperidine rings is 1. The van der Waals surface area contributed by atoms with Crippen LogP contribution in [-0.4, -0.2) is 33.7 Å². The Morgan fingerprint density at radius 2 is 1.84 bits per heavy atom. The third-order valence-electron chi connectivity index (χ3n) is 4.59. The van der Waals surface area contributed by atoms with Gasteiger partial charge in [-0.05, 0) is 30.4 Å². The number of likely N-dealkylation sites (tertiary alicyclic amines) is 1. The average molecular weight is 385 g/mol. The minimum absolute atomic E-state index is 0. The molecule has 2 aromatic rings. The number of halogens is 2. The first-order valence-corrected chi connectivity index (χ1v) is 8.28. The molecule has 1 aliphatic heterocycles. The van der Waals surface area contributed by atoms with E-state index in [-0.39, 0.29) is 36.8 Å². The van der Waals surface area contributed by atoms with Crippen molar-refractivity contribution in [1.29, 1.82) is 0 Å². The number of nitrogens with two attached hydrogens (primary N) is 1. The van der Waals surface area contributed by atoms with Crippen molar-refractivity contribution in [3.63, 3.8) is 0 Å². The lowest BCUT2D eigenvalue weighted by molar-refractivity contribution is -0.133. The second kappa shape index (κ2) is 10.4. The molecule has 0 radical (unpaired) electrons. The van der Waals surface area contributed by atoms with Crippen LogP contribution in [-0.2, 0) is 11.3 Å². The van der Waals surface area contributed by atoms with Crippen LogP contribution in [0.3, 0.4) is 0 Å². The first-order chi connectivity index (χ1) is 11.2. The zero-order valence-corrected chi connectivity index (χ0v) is 15.8. The van der Waals surface area contributed by atoms with Gasteiger partial charge in [-0.1, -0.05) is 30.3 Å². The molecule has 0 aliphatic carbocycles. The Morgan fingerprint density at radius 3 is 2.44 bits per heavy atom. The summed E-state index contributed by atoms with van der Waals surface area (Å²) in [5, 5.41) is 4.26. The molecule has 1 fully saturated rings. The molecule has 3 rings (SSSR count). The number of carbonyl (C=O) groups is 1. The Kier molecular flexibility index (Phi) is 8.97. The number of amides is 1. The maximum absolute atomic E-state index is 12.4. The second-order valence-corrected chi connectivity index (χ2v) is 6.27. The smallest absolute Gasteiger partial charge is 0.224 e. The van der Waals surface area contributed by atoms with Crippen LogP contribution < -0.4 is 5.73 Å². The van der Waals surface area contributed by atoms with Gasteiger partial charge in [0, 0.05) is 44.5 Å². The van der Waals surface area contributed by atoms with Crippen molar-refractivity contribution in [3.8, 4) is 0 Å². The van der Waals surface area contributed by atoms with Crippen molar-refractivity contribution >= 4 is 30.7 Å². The van der Waals surface area contributed by atoms with E-state index in [1.165, 1.54) is 0 Å². The quantitative estimate of drug-likeness (QED) is 0.861. The summed E-state index contributed by atoms with van der Waals surface area (Å²) in [4.78, 5) is 14.4. The van der Waals surface area contributed by atoms with E-state index in [9.17, 15) is 4.79 Å². The van der Waals surface area contributed by atoms with E-state index >= 15 is 0 Å². The summed E-state index contributed by atoms with van der Waals surface area (Å²) >= 11 is 0. The SMILES string of the molecule is Cl.Cl.NC(CC(=O)N1CCC(Cn2cccn2)CC1)c1ccccc1. The Hall–Kier alpha value is -1.56. The Balaban J connectivity index is 0.00000156. The zero-order chi connectivity index (χ0) is 16.1. The molecule has 25 heavy (non-hydrogen) atoms. The molecule has 7 heteroatoms. The zero-order valence-electron chi connectivity index (χ0n) is 14.2. The van der Waals surface area contributed by atoms with E-state index in [4.69, 9.17) is 5.73 Å². The number of nitrogens with zero attached hydrogens (tertiary/aromatic N) is 3. The highest BCUT2D eigenvalue weighted by Gasteiger charge is 2.24. The van der Waals surface area contributed by atoms with E-state index in [0.29, 0.717) is 12.3 Å². The van der Waals surface area contributed by atoms with Gasteiger partial charge in [-0.3, -0.25) is 9.48 Å². The van der Waals surface area contributed by atoms with Crippen LogP contribution in [0.2, 0.25) is 0 Å². The summed E-state index contributed by atoms with van der Waals surface area (Å²) in [5.41, 5.74) is 7.18. The third kappa shape index (κ3) is 6.03. The molecule has 0 bridgehead atoms. The van der Waals surface area contributed by atoms with Gasteiger partial charge in [0.25, 0.3) is 0 Å². The molecule has 1 atom stereocenters. The van der Waals surface area contributed by atoms with Crippen molar-refractivity contribution in [2.75, 3.05) is 13.1 Å². The predicted octanol–water partition coefficient (Wildman–Crippen LogP) is 3.06. The maximum atomic E-state index is 12.4. The molecule has 2 heterocycles. The van der Waals surface area contributed by atoms with Gasteiger partial charge in [0.15, 0.2) is 0 Å². The molecule has 0 spiro atoms. The largest absolute Gasteiger partial charge is 0.343 e. The number of carbonyl (C=O) groups excluding carboxylic acids is 1. The average Bonchev–Trinajstić information content (AvgIpc) is 3.09. The summed E-state index contributed by atoms with van der Waals surface area (Å²) in [6, 6.07) is 11.6. The molecule has 1 aliphatic rings. The highest BCUT2D eigenvalue weighted by atomic mass is 35.5. The van der Waals surface area contributed by atoms with Crippen LogP contribution >= 0.6 is 24.8 Å². The van der Waals surface area contributed by atoms with Crippen molar-refractivity contribution in [1.82, 2.24) is 14.7 Å². The topological polar surface area (TPSA) is 64.2 Å². The fraction of sp³-hybridized carbons (Fsp3) is 0.444. The molecule has 1 unspecified atom stereocenters. The standard InChI is InChI=1S/C18H24N4O.2ClH/c19-17(16-5-2-1-3-6-16)13-18(23)21-11-7-15(8-12-21)14-22-10-4-9-20-22;;/h1-6,9-10,15,17H,7-8,11-14,19H2;2*1H. The lowest BCUT2D eigenvalue weighted by Crippen LogP contribution is -2.40. The number of benzene rings is 1. The van der Waals surface area contributed by atoms with E-state index in [0.717, 1.165) is 38.0 Å². The van der Waals surface area contributed by atoms with Gasteiger partial charge in [0.2, 0.25) is 5.91 Å². The van der Waals surface area contributed by atoms with Crippen LogP contribution in [0.25, 0.3) is 0 Å². The Labute approximate surface area is 161 Å².